The van der Waals surface area contributed by atoms with Crippen LogP contribution in [0.25, 0.3) is 0 Å². The van der Waals surface area contributed by atoms with Crippen LogP contribution in [0.1, 0.15) is 59.3 Å². The Labute approximate surface area is 171 Å². The van der Waals surface area contributed by atoms with E-state index in [1.165, 1.54) is 4.31 Å². The highest BCUT2D eigenvalue weighted by atomic mass is 32.2. The number of carbonyl (C=O) groups is 1. The van der Waals surface area contributed by atoms with Crippen LogP contribution in [0.5, 0.6) is 0 Å². The van der Waals surface area contributed by atoms with E-state index < -0.39 is 10.0 Å². The highest BCUT2D eigenvalue weighted by Crippen LogP contribution is 2.31. The fraction of sp³-hybridized carbons (Fsp3) is 0.524. The summed E-state index contributed by atoms with van der Waals surface area (Å²) < 4.78 is 33.1. The number of hydrogen-bond donors (Lipinski definition) is 0. The van der Waals surface area contributed by atoms with Crippen molar-refractivity contribution in [2.75, 3.05) is 26.2 Å². The molecule has 2 aromatic rings. The zero-order valence-electron chi connectivity index (χ0n) is 16.9. The van der Waals surface area contributed by atoms with Gasteiger partial charge < -0.3 is 9.32 Å². The molecule has 0 bridgehead atoms. The standard InChI is InChI=1S/C21H27N3O4S/c1-15-5-7-18(8-6-15)29(26,27)24-13-9-17(10-14-24)20-22-19(16(2)28-20)21(25)23-11-3-4-12-23/h5-8,17H,3-4,9-14H2,1-2H3. The van der Waals surface area contributed by atoms with Crippen LogP contribution < -0.4 is 0 Å². The van der Waals surface area contributed by atoms with Gasteiger partial charge in [0.2, 0.25) is 10.0 Å². The van der Waals surface area contributed by atoms with E-state index in [4.69, 9.17) is 4.42 Å². The van der Waals surface area contributed by atoms with Gasteiger partial charge in [0.05, 0.1) is 4.90 Å². The van der Waals surface area contributed by atoms with Crippen LogP contribution in [0, 0.1) is 13.8 Å². The van der Waals surface area contributed by atoms with E-state index in [0.717, 1.165) is 31.5 Å². The second kappa shape index (κ2) is 7.91. The molecule has 7 nitrogen and oxygen atoms in total. The van der Waals surface area contributed by atoms with E-state index in [9.17, 15) is 13.2 Å². The summed E-state index contributed by atoms with van der Waals surface area (Å²) >= 11 is 0. The zero-order valence-corrected chi connectivity index (χ0v) is 17.7. The van der Waals surface area contributed by atoms with Gasteiger partial charge in [-0.15, -0.1) is 0 Å². The molecule has 1 aromatic carbocycles. The molecule has 156 valence electrons. The third-order valence-electron chi connectivity index (χ3n) is 5.87. The summed E-state index contributed by atoms with van der Waals surface area (Å²) in [6.45, 7) is 6.08. The number of amides is 1. The SMILES string of the molecule is Cc1ccc(S(=O)(=O)N2CCC(c3nc(C(=O)N4CCCC4)c(C)o3)CC2)cc1. The molecule has 0 unspecified atom stereocenters. The lowest BCUT2D eigenvalue weighted by Gasteiger charge is -2.29. The Bertz CT molecular complexity index is 983. The average molecular weight is 418 g/mol. The molecule has 1 aromatic heterocycles. The Morgan fingerprint density at radius 1 is 1.03 bits per heavy atom. The quantitative estimate of drug-likeness (QED) is 0.763. The maximum atomic E-state index is 12.9. The lowest BCUT2D eigenvalue weighted by atomic mass is 9.98. The molecule has 8 heteroatoms. The van der Waals surface area contributed by atoms with Crippen molar-refractivity contribution in [3.8, 4) is 0 Å². The summed E-state index contributed by atoms with van der Waals surface area (Å²) in [5, 5.41) is 0. The fourth-order valence-corrected chi connectivity index (χ4v) is 5.53. The number of hydrogen-bond acceptors (Lipinski definition) is 5. The highest BCUT2D eigenvalue weighted by Gasteiger charge is 2.33. The number of aryl methyl sites for hydroxylation is 2. The molecular formula is C21H27N3O4S. The van der Waals surface area contributed by atoms with Crippen LogP contribution in [0.15, 0.2) is 33.6 Å². The van der Waals surface area contributed by atoms with Crippen LogP contribution in [0.4, 0.5) is 0 Å². The molecule has 4 rings (SSSR count). The largest absolute Gasteiger partial charge is 0.445 e. The molecule has 0 spiro atoms. The molecule has 0 aliphatic carbocycles. The minimum absolute atomic E-state index is 0.0262. The number of carbonyl (C=O) groups excluding carboxylic acids is 1. The Morgan fingerprint density at radius 2 is 1.66 bits per heavy atom. The van der Waals surface area contributed by atoms with E-state index in [1.807, 2.05) is 24.0 Å². The number of sulfonamides is 1. The molecule has 3 heterocycles. The molecule has 2 aliphatic rings. The number of piperidine rings is 1. The van der Waals surface area contributed by atoms with Crippen molar-refractivity contribution >= 4 is 15.9 Å². The van der Waals surface area contributed by atoms with Crippen LogP contribution in [-0.2, 0) is 10.0 Å². The zero-order chi connectivity index (χ0) is 20.6. The summed E-state index contributed by atoms with van der Waals surface area (Å²) in [5.74, 6) is 1.07. The number of aromatic nitrogens is 1. The minimum Gasteiger partial charge on any atom is -0.445 e. The highest BCUT2D eigenvalue weighted by molar-refractivity contribution is 7.89. The van der Waals surface area contributed by atoms with Crippen molar-refractivity contribution in [3.63, 3.8) is 0 Å². The van der Waals surface area contributed by atoms with Crippen molar-refractivity contribution in [3.05, 3.63) is 47.2 Å². The normalized spacial score (nSPS) is 19.0. The molecule has 0 saturated carbocycles. The van der Waals surface area contributed by atoms with Crippen molar-refractivity contribution in [2.24, 2.45) is 0 Å². The maximum absolute atomic E-state index is 12.9. The van der Waals surface area contributed by atoms with E-state index in [0.29, 0.717) is 48.2 Å². The van der Waals surface area contributed by atoms with Crippen molar-refractivity contribution in [1.82, 2.24) is 14.2 Å². The van der Waals surface area contributed by atoms with E-state index in [-0.39, 0.29) is 11.8 Å². The van der Waals surface area contributed by atoms with Crippen molar-refractivity contribution in [1.29, 1.82) is 0 Å². The number of benzene rings is 1. The Kier molecular flexibility index (Phi) is 5.48. The summed E-state index contributed by atoms with van der Waals surface area (Å²) in [6, 6.07) is 6.94. The van der Waals surface area contributed by atoms with Crippen LogP contribution in [0.3, 0.4) is 0 Å². The third-order valence-corrected chi connectivity index (χ3v) is 7.78. The first-order chi connectivity index (χ1) is 13.9. The molecule has 2 aliphatic heterocycles. The molecule has 0 radical (unpaired) electrons. The van der Waals surface area contributed by atoms with Gasteiger partial charge in [0.15, 0.2) is 11.6 Å². The molecule has 29 heavy (non-hydrogen) atoms. The first-order valence-electron chi connectivity index (χ1n) is 10.2. The first kappa shape index (κ1) is 20.1. The van der Waals surface area contributed by atoms with Gasteiger partial charge in [-0.3, -0.25) is 4.79 Å². The molecule has 2 fully saturated rings. The molecule has 2 saturated heterocycles. The number of oxazole rings is 1. The Hall–Kier alpha value is -2.19. The van der Waals surface area contributed by atoms with Gasteiger partial charge in [-0.25, -0.2) is 13.4 Å². The van der Waals surface area contributed by atoms with Crippen LogP contribution in [0.2, 0.25) is 0 Å². The predicted molar refractivity (Wildman–Crippen MR) is 108 cm³/mol. The average Bonchev–Trinajstić information content (AvgIpc) is 3.38. The smallest absolute Gasteiger partial charge is 0.276 e. The van der Waals surface area contributed by atoms with E-state index in [2.05, 4.69) is 4.98 Å². The molecule has 1 amide bonds. The summed E-state index contributed by atoms with van der Waals surface area (Å²) in [4.78, 5) is 19.3. The van der Waals surface area contributed by atoms with Gasteiger partial charge in [0.1, 0.15) is 5.76 Å². The fourth-order valence-electron chi connectivity index (χ4n) is 4.06. The predicted octanol–water partition coefficient (Wildman–Crippen LogP) is 3.10. The Balaban J connectivity index is 1.44. The second-order valence-corrected chi connectivity index (χ2v) is 9.89. The monoisotopic (exact) mass is 417 g/mol. The van der Waals surface area contributed by atoms with Gasteiger partial charge in [-0.2, -0.15) is 4.31 Å². The van der Waals surface area contributed by atoms with Gasteiger partial charge in [0.25, 0.3) is 5.91 Å². The number of rotatable bonds is 4. The first-order valence-corrected chi connectivity index (χ1v) is 11.6. The van der Waals surface area contributed by atoms with Crippen LogP contribution in [-0.4, -0.2) is 54.7 Å². The van der Waals surface area contributed by atoms with Gasteiger partial charge >= 0.3 is 0 Å². The van der Waals surface area contributed by atoms with Crippen molar-refractivity contribution < 1.29 is 17.6 Å². The number of likely N-dealkylation sites (tertiary alicyclic amines) is 1. The van der Waals surface area contributed by atoms with Crippen molar-refractivity contribution in [2.45, 2.75) is 50.3 Å². The Morgan fingerprint density at radius 3 is 2.28 bits per heavy atom. The lowest BCUT2D eigenvalue weighted by Crippen LogP contribution is -2.38. The summed E-state index contributed by atoms with van der Waals surface area (Å²) in [6.07, 6.45) is 3.32. The van der Waals surface area contributed by atoms with E-state index >= 15 is 0 Å². The van der Waals surface area contributed by atoms with Gasteiger partial charge in [-0.05, 0) is 51.7 Å². The molecular weight excluding hydrogens is 390 g/mol. The van der Waals surface area contributed by atoms with Crippen LogP contribution >= 0.6 is 0 Å². The van der Waals surface area contributed by atoms with Gasteiger partial charge in [0, 0.05) is 32.1 Å². The molecule has 0 N–H and O–H groups in total. The summed E-state index contributed by atoms with van der Waals surface area (Å²) in [5.41, 5.74) is 1.43. The lowest BCUT2D eigenvalue weighted by molar-refractivity contribution is 0.0786. The number of nitrogens with zero attached hydrogens (tertiary/aromatic N) is 3. The topological polar surface area (TPSA) is 83.7 Å². The third kappa shape index (κ3) is 3.96. The summed E-state index contributed by atoms with van der Waals surface area (Å²) in [7, 11) is -3.49. The maximum Gasteiger partial charge on any atom is 0.276 e. The second-order valence-electron chi connectivity index (χ2n) is 7.95. The van der Waals surface area contributed by atoms with Gasteiger partial charge in [-0.1, -0.05) is 17.7 Å². The molecule has 0 atom stereocenters. The van der Waals surface area contributed by atoms with E-state index in [1.54, 1.807) is 19.1 Å². The minimum atomic E-state index is -3.49.